The van der Waals surface area contributed by atoms with Crippen LogP contribution in [-0.2, 0) is 10.2 Å². The molecule has 4 aromatic carbocycles. The van der Waals surface area contributed by atoms with Crippen molar-refractivity contribution < 1.29 is 19.4 Å². The highest BCUT2D eigenvalue weighted by Crippen LogP contribution is 2.55. The van der Waals surface area contributed by atoms with Gasteiger partial charge < -0.3 is 35.4 Å². The number of nitrogens with one attached hydrogen (secondary N) is 1. The van der Waals surface area contributed by atoms with E-state index in [9.17, 15) is 9.90 Å². The molecule has 9 heteroatoms. The maximum absolute atomic E-state index is 12.7. The van der Waals surface area contributed by atoms with Crippen molar-refractivity contribution in [2.45, 2.75) is 81.8 Å². The lowest BCUT2D eigenvalue weighted by Crippen LogP contribution is -2.42. The zero-order valence-corrected chi connectivity index (χ0v) is 37.1. The Morgan fingerprint density at radius 1 is 0.898 bits per heavy atom. The molecule has 4 atom stereocenters. The standard InChI is InChI=1S/C18H19NOS.C17H27NO2.C15H22N2O/c1-19-12-11-17(18-10-5-13-21-18)20-16-9-4-7-14-6-2-3-8-15(14)16;1-18(2)13-16(17(19)11-5-4-6-12-17)14-7-9-15(20-3)10-8-14;1-3-17(4-2)14(18)15(10-13(15)11-16)12-8-6-5-7-9-12/h2-10,13,17,19H,11-12H2,1H3;7-10,16,19H,4-6,11-13H2,1-3H3;5-9,13H,3-4,10-11,16H2,1-2H3. The molecule has 0 aliphatic heterocycles. The lowest BCUT2D eigenvalue weighted by molar-refractivity contribution is -0.134. The minimum atomic E-state index is -0.558. The van der Waals surface area contributed by atoms with Gasteiger partial charge in [0.25, 0.3) is 0 Å². The van der Waals surface area contributed by atoms with Gasteiger partial charge in [0.05, 0.1) is 18.1 Å². The van der Waals surface area contributed by atoms with Gasteiger partial charge in [0, 0.05) is 42.2 Å². The van der Waals surface area contributed by atoms with Crippen LogP contribution in [0.3, 0.4) is 0 Å². The van der Waals surface area contributed by atoms with Crippen molar-refractivity contribution in [2.75, 3.05) is 61.0 Å². The van der Waals surface area contributed by atoms with E-state index in [0.717, 1.165) is 81.8 Å². The fourth-order valence-corrected chi connectivity index (χ4v) is 9.43. The topological polar surface area (TPSA) is 100 Å². The van der Waals surface area contributed by atoms with Crippen molar-refractivity contribution in [2.24, 2.45) is 11.7 Å². The van der Waals surface area contributed by atoms with E-state index in [4.69, 9.17) is 15.2 Å². The number of methoxy groups -OCH3 is 1. The number of benzene rings is 4. The van der Waals surface area contributed by atoms with Crippen molar-refractivity contribution in [3.63, 3.8) is 0 Å². The number of aliphatic hydroxyl groups is 1. The van der Waals surface area contributed by atoms with Gasteiger partial charge in [0.15, 0.2) is 0 Å². The number of nitrogens with zero attached hydrogens (tertiary/aromatic N) is 2. The highest BCUT2D eigenvalue weighted by atomic mass is 32.1. The molecule has 0 spiro atoms. The summed E-state index contributed by atoms with van der Waals surface area (Å²) >= 11 is 1.75. The quantitative estimate of drug-likeness (QED) is 0.0913. The number of carbonyl (C=O) groups excluding carboxylic acids is 1. The number of ether oxygens (including phenoxy) is 2. The number of nitrogens with two attached hydrogens (primary N) is 1. The Morgan fingerprint density at radius 2 is 1.58 bits per heavy atom. The first-order valence-corrected chi connectivity index (χ1v) is 22.4. The van der Waals surface area contributed by atoms with E-state index < -0.39 is 5.60 Å². The Balaban J connectivity index is 0.000000169. The summed E-state index contributed by atoms with van der Waals surface area (Å²) in [6.07, 6.45) is 7.30. The summed E-state index contributed by atoms with van der Waals surface area (Å²) in [6, 6.07) is 37.1. The average molecular weight is 821 g/mol. The van der Waals surface area contributed by atoms with Crippen LogP contribution >= 0.6 is 11.3 Å². The fourth-order valence-electron chi connectivity index (χ4n) is 8.64. The molecule has 0 bridgehead atoms. The highest BCUT2D eigenvalue weighted by Gasteiger charge is 2.61. The molecule has 0 saturated heterocycles. The van der Waals surface area contributed by atoms with Gasteiger partial charge in [-0.2, -0.15) is 0 Å². The summed E-state index contributed by atoms with van der Waals surface area (Å²) in [5.41, 5.74) is 7.23. The van der Waals surface area contributed by atoms with Crippen molar-refractivity contribution in [3.05, 3.63) is 131 Å². The summed E-state index contributed by atoms with van der Waals surface area (Å²) in [7, 11) is 7.80. The molecule has 1 heterocycles. The maximum Gasteiger partial charge on any atom is 0.233 e. The van der Waals surface area contributed by atoms with Crippen LogP contribution < -0.4 is 20.5 Å². The van der Waals surface area contributed by atoms with Crippen LogP contribution in [0.25, 0.3) is 10.8 Å². The van der Waals surface area contributed by atoms with E-state index in [-0.39, 0.29) is 23.3 Å². The molecule has 2 fully saturated rings. The van der Waals surface area contributed by atoms with Crippen LogP contribution in [0.5, 0.6) is 11.5 Å². The Kier molecular flexibility index (Phi) is 17.4. The van der Waals surface area contributed by atoms with E-state index in [1.165, 1.54) is 27.6 Å². The smallest absolute Gasteiger partial charge is 0.233 e. The van der Waals surface area contributed by atoms with Crippen LogP contribution in [0.2, 0.25) is 0 Å². The van der Waals surface area contributed by atoms with Crippen molar-refractivity contribution >= 4 is 28.0 Å². The van der Waals surface area contributed by atoms with E-state index in [2.05, 4.69) is 109 Å². The number of carbonyl (C=O) groups is 1. The highest BCUT2D eigenvalue weighted by molar-refractivity contribution is 7.10. The maximum atomic E-state index is 12.7. The largest absolute Gasteiger partial charge is 0.497 e. The predicted octanol–water partition coefficient (Wildman–Crippen LogP) is 9.44. The number of thiophene rings is 1. The molecule has 318 valence electrons. The fraction of sp³-hybridized carbons (Fsp3) is 0.460. The van der Waals surface area contributed by atoms with Crippen LogP contribution in [0, 0.1) is 5.92 Å². The molecule has 7 rings (SSSR count). The number of amides is 1. The van der Waals surface area contributed by atoms with Crippen LogP contribution in [-0.4, -0.2) is 87.4 Å². The zero-order valence-electron chi connectivity index (χ0n) is 36.2. The minimum Gasteiger partial charge on any atom is -0.497 e. The zero-order chi connectivity index (χ0) is 42.3. The molecule has 4 unspecified atom stereocenters. The van der Waals surface area contributed by atoms with Gasteiger partial charge in [-0.25, -0.2) is 0 Å². The van der Waals surface area contributed by atoms with Crippen LogP contribution in [0.15, 0.2) is 115 Å². The Labute approximate surface area is 357 Å². The number of rotatable bonds is 16. The molecule has 59 heavy (non-hydrogen) atoms. The summed E-state index contributed by atoms with van der Waals surface area (Å²) < 4.78 is 11.6. The molecule has 8 nitrogen and oxygen atoms in total. The minimum absolute atomic E-state index is 0.100. The Morgan fingerprint density at radius 3 is 2.17 bits per heavy atom. The summed E-state index contributed by atoms with van der Waals surface area (Å²) in [5, 5.41) is 18.8. The molecule has 1 amide bonds. The van der Waals surface area contributed by atoms with Crippen molar-refractivity contribution in [1.82, 2.24) is 15.1 Å². The third-order valence-electron chi connectivity index (χ3n) is 12.1. The van der Waals surface area contributed by atoms with E-state index >= 15 is 0 Å². The van der Waals surface area contributed by atoms with Gasteiger partial charge in [-0.1, -0.05) is 104 Å². The Bertz CT molecular complexity index is 1960. The lowest BCUT2D eigenvalue weighted by Gasteiger charge is -2.40. The lowest BCUT2D eigenvalue weighted by atomic mass is 9.72. The molecular formula is C50H68N4O4S. The molecular weight excluding hydrogens is 753 g/mol. The number of hydrogen-bond donors (Lipinski definition) is 3. The van der Waals surface area contributed by atoms with Gasteiger partial charge in [-0.3, -0.25) is 4.79 Å². The second kappa shape index (κ2) is 22.4. The number of fused-ring (bicyclic) bond motifs is 1. The van der Waals surface area contributed by atoms with E-state index in [1.807, 2.05) is 56.1 Å². The van der Waals surface area contributed by atoms with Crippen LogP contribution in [0.4, 0.5) is 0 Å². The summed E-state index contributed by atoms with van der Waals surface area (Å²) in [4.78, 5) is 18.1. The molecule has 4 N–H and O–H groups in total. The molecule has 5 aromatic rings. The first kappa shape index (κ1) is 45.8. The molecule has 2 aliphatic carbocycles. The van der Waals surface area contributed by atoms with Crippen molar-refractivity contribution in [1.29, 1.82) is 0 Å². The van der Waals surface area contributed by atoms with Gasteiger partial charge in [-0.05, 0) is 119 Å². The molecule has 2 aliphatic rings. The van der Waals surface area contributed by atoms with Crippen molar-refractivity contribution in [3.8, 4) is 11.5 Å². The molecule has 0 radical (unpaired) electrons. The second-order valence-corrected chi connectivity index (χ2v) is 17.2. The van der Waals surface area contributed by atoms with Gasteiger partial charge in [0.1, 0.15) is 17.6 Å². The third-order valence-corrected chi connectivity index (χ3v) is 13.0. The summed E-state index contributed by atoms with van der Waals surface area (Å²) in [6.45, 7) is 7.99. The Hall–Kier alpha value is -4.25. The monoisotopic (exact) mass is 820 g/mol. The SMILES string of the molecule is CCN(CC)C(=O)C1(c2ccccc2)CC1CN.CNCCC(Oc1cccc2ccccc12)c1cccs1.COc1ccc(C(CN(C)C)C2(O)CCCCC2)cc1. The summed E-state index contributed by atoms with van der Waals surface area (Å²) in [5.74, 6) is 2.54. The van der Waals surface area contributed by atoms with E-state index in [1.54, 1.807) is 18.4 Å². The molecule has 1 aromatic heterocycles. The third kappa shape index (κ3) is 11.7. The number of likely N-dealkylation sites (N-methyl/N-ethyl adjacent to an activating group) is 2. The van der Waals surface area contributed by atoms with Gasteiger partial charge >= 0.3 is 0 Å². The first-order valence-electron chi connectivity index (χ1n) is 21.5. The van der Waals surface area contributed by atoms with Crippen LogP contribution in [0.1, 0.15) is 86.8 Å². The predicted molar refractivity (Wildman–Crippen MR) is 246 cm³/mol. The second-order valence-electron chi connectivity index (χ2n) is 16.2. The first-order chi connectivity index (χ1) is 28.6. The van der Waals surface area contributed by atoms with E-state index in [0.29, 0.717) is 12.5 Å². The van der Waals surface area contributed by atoms with Gasteiger partial charge in [0.2, 0.25) is 5.91 Å². The molecule has 2 saturated carbocycles. The normalized spacial score (nSPS) is 19.0. The number of hydrogen-bond acceptors (Lipinski definition) is 8. The average Bonchev–Trinajstić information content (AvgIpc) is 3.78. The van der Waals surface area contributed by atoms with Gasteiger partial charge in [-0.15, -0.1) is 11.3 Å².